The van der Waals surface area contributed by atoms with Crippen molar-refractivity contribution in [3.8, 4) is 0 Å². The Labute approximate surface area is 127 Å². The fourth-order valence-corrected chi connectivity index (χ4v) is 2.20. The Morgan fingerprint density at radius 2 is 1.14 bits per heavy atom. The summed E-state index contributed by atoms with van der Waals surface area (Å²) in [6.07, 6.45) is 7.80. The molecule has 0 aromatic carbocycles. The van der Waals surface area contributed by atoms with Gasteiger partial charge < -0.3 is 0 Å². The van der Waals surface area contributed by atoms with Crippen molar-refractivity contribution in [2.75, 3.05) is 0 Å². The zero-order chi connectivity index (χ0) is 15.7. The maximum atomic E-state index is 4.40. The van der Waals surface area contributed by atoms with Crippen LogP contribution in [-0.4, -0.2) is 19.6 Å². The third-order valence-corrected chi connectivity index (χ3v) is 2.86. The van der Waals surface area contributed by atoms with Gasteiger partial charge in [-0.1, -0.05) is 41.5 Å². The van der Waals surface area contributed by atoms with Gasteiger partial charge in [-0.25, -0.2) is 9.13 Å². The van der Waals surface area contributed by atoms with E-state index in [1.54, 1.807) is 0 Å². The van der Waals surface area contributed by atoms with Crippen LogP contribution in [0.25, 0.3) is 0 Å². The van der Waals surface area contributed by atoms with Crippen LogP contribution < -0.4 is 9.13 Å². The third-order valence-electron chi connectivity index (χ3n) is 2.86. The van der Waals surface area contributed by atoms with Crippen molar-refractivity contribution in [2.24, 2.45) is 10.8 Å². The second kappa shape index (κ2) is 5.58. The van der Waals surface area contributed by atoms with E-state index in [4.69, 9.17) is 0 Å². The van der Waals surface area contributed by atoms with Crippen LogP contribution in [0.3, 0.4) is 0 Å². The lowest BCUT2D eigenvalue weighted by molar-refractivity contribution is -0.913. The van der Waals surface area contributed by atoms with Crippen molar-refractivity contribution in [3.05, 3.63) is 25.3 Å². The molecular formula is C15H28N6+2. The van der Waals surface area contributed by atoms with E-state index in [1.807, 2.05) is 34.7 Å². The van der Waals surface area contributed by atoms with Gasteiger partial charge in [0, 0.05) is 10.2 Å². The van der Waals surface area contributed by atoms with Crippen molar-refractivity contribution in [3.63, 3.8) is 0 Å². The molecule has 116 valence electrons. The molecule has 0 aliphatic rings. The third kappa shape index (κ3) is 5.28. The molecule has 0 atom stereocenters. The van der Waals surface area contributed by atoms with Crippen LogP contribution in [0.2, 0.25) is 0 Å². The van der Waals surface area contributed by atoms with Gasteiger partial charge in [-0.3, -0.25) is 0 Å². The lowest BCUT2D eigenvalue weighted by Gasteiger charge is -2.13. The first kappa shape index (κ1) is 15.7. The van der Waals surface area contributed by atoms with Gasteiger partial charge in [0.2, 0.25) is 12.7 Å². The van der Waals surface area contributed by atoms with Gasteiger partial charge in [-0.2, -0.15) is 0 Å². The molecule has 0 saturated carbocycles. The van der Waals surface area contributed by atoms with Gasteiger partial charge in [-0.15, -0.1) is 9.36 Å². The van der Waals surface area contributed by atoms with Crippen LogP contribution in [0.5, 0.6) is 0 Å². The van der Waals surface area contributed by atoms with Crippen molar-refractivity contribution >= 4 is 0 Å². The highest BCUT2D eigenvalue weighted by Crippen LogP contribution is 2.15. The van der Waals surface area contributed by atoms with E-state index in [-0.39, 0.29) is 10.8 Å². The summed E-state index contributed by atoms with van der Waals surface area (Å²) in [5, 5.41) is 8.81. The molecule has 0 unspecified atom stereocenters. The van der Waals surface area contributed by atoms with E-state index >= 15 is 0 Å². The summed E-state index contributed by atoms with van der Waals surface area (Å²) in [4.78, 5) is 0. The molecule has 0 aliphatic carbocycles. The van der Waals surface area contributed by atoms with Crippen LogP contribution >= 0.6 is 0 Å². The molecule has 0 spiro atoms. The fourth-order valence-electron chi connectivity index (χ4n) is 2.20. The normalized spacial score (nSPS) is 12.9. The molecule has 0 amide bonds. The zero-order valence-electron chi connectivity index (χ0n) is 14.1. The van der Waals surface area contributed by atoms with Crippen LogP contribution in [0.1, 0.15) is 41.5 Å². The van der Waals surface area contributed by atoms with Gasteiger partial charge in [0.1, 0.15) is 13.1 Å². The first-order chi connectivity index (χ1) is 9.61. The molecule has 0 bridgehead atoms. The average molecular weight is 292 g/mol. The van der Waals surface area contributed by atoms with Gasteiger partial charge in [-0.05, 0) is 10.8 Å². The van der Waals surface area contributed by atoms with E-state index in [0.29, 0.717) is 0 Å². The first-order valence-corrected chi connectivity index (χ1v) is 7.44. The Bertz CT molecular complexity index is 530. The maximum Gasteiger partial charge on any atom is 0.267 e. The van der Waals surface area contributed by atoms with Crippen molar-refractivity contribution in [1.82, 2.24) is 19.6 Å². The largest absolute Gasteiger partial charge is 0.267 e. The molecule has 0 saturated heterocycles. The van der Waals surface area contributed by atoms with Gasteiger partial charge in [0.15, 0.2) is 6.67 Å². The summed E-state index contributed by atoms with van der Waals surface area (Å²) in [6, 6.07) is 0. The summed E-state index contributed by atoms with van der Waals surface area (Å²) in [5.41, 5.74) is 0.461. The molecule has 21 heavy (non-hydrogen) atoms. The highest BCUT2D eigenvalue weighted by Gasteiger charge is 2.19. The van der Waals surface area contributed by atoms with Crippen LogP contribution in [-0.2, 0) is 19.8 Å². The predicted molar refractivity (Wildman–Crippen MR) is 79.2 cm³/mol. The molecule has 0 N–H and O–H groups in total. The summed E-state index contributed by atoms with van der Waals surface area (Å²) in [6.45, 7) is 15.8. The van der Waals surface area contributed by atoms with Gasteiger partial charge >= 0.3 is 0 Å². The van der Waals surface area contributed by atoms with Crippen LogP contribution in [0.15, 0.2) is 25.3 Å². The Morgan fingerprint density at radius 3 is 1.48 bits per heavy atom. The SMILES string of the molecule is CC(C)(C)Cn1c[n+](C[n+]2cnn(CC(C)(C)C)c2)cn1. The second-order valence-electron chi connectivity index (χ2n) is 8.18. The summed E-state index contributed by atoms with van der Waals surface area (Å²) >= 11 is 0. The zero-order valence-corrected chi connectivity index (χ0v) is 14.1. The molecule has 0 aliphatic heterocycles. The molecule has 2 aromatic rings. The van der Waals surface area contributed by atoms with Crippen molar-refractivity contribution in [2.45, 2.75) is 61.3 Å². The number of aromatic nitrogens is 6. The number of hydrogen-bond donors (Lipinski definition) is 0. The molecule has 0 fully saturated rings. The Balaban J connectivity index is 1.99. The Kier molecular flexibility index (Phi) is 4.16. The molecule has 2 heterocycles. The molecule has 2 aromatic heterocycles. The van der Waals surface area contributed by atoms with E-state index in [1.165, 1.54) is 0 Å². The first-order valence-electron chi connectivity index (χ1n) is 7.44. The maximum absolute atomic E-state index is 4.40. The van der Waals surface area contributed by atoms with Crippen molar-refractivity contribution in [1.29, 1.82) is 0 Å². The Morgan fingerprint density at radius 1 is 0.762 bits per heavy atom. The lowest BCUT2D eigenvalue weighted by atomic mass is 9.97. The molecule has 6 heteroatoms. The molecule has 6 nitrogen and oxygen atoms in total. The molecule has 2 rings (SSSR count). The average Bonchev–Trinajstić information content (AvgIpc) is 2.85. The van der Waals surface area contributed by atoms with E-state index < -0.39 is 0 Å². The van der Waals surface area contributed by atoms with E-state index in [2.05, 4.69) is 60.9 Å². The topological polar surface area (TPSA) is 43.4 Å². The smallest absolute Gasteiger partial charge is 0.205 e. The van der Waals surface area contributed by atoms with E-state index in [9.17, 15) is 0 Å². The highest BCUT2D eigenvalue weighted by molar-refractivity contribution is 4.62. The van der Waals surface area contributed by atoms with Crippen LogP contribution in [0.4, 0.5) is 0 Å². The number of nitrogens with zero attached hydrogens (tertiary/aromatic N) is 6. The predicted octanol–water partition coefficient (Wildman–Crippen LogP) is 1.25. The highest BCUT2D eigenvalue weighted by atomic mass is 15.4. The minimum atomic E-state index is 0.231. The van der Waals surface area contributed by atoms with Gasteiger partial charge in [0.25, 0.3) is 12.7 Å². The van der Waals surface area contributed by atoms with Gasteiger partial charge in [0.05, 0.1) is 0 Å². The second-order valence-corrected chi connectivity index (χ2v) is 8.18. The summed E-state index contributed by atoms with van der Waals surface area (Å²) in [5.74, 6) is 0. The quantitative estimate of drug-likeness (QED) is 0.796. The standard InChI is InChI=1S/C15H28N6/c1-14(2,3)7-20-12-18(9-16-20)11-19-10-17-21(13-19)8-15(4,5)6/h9-10,12-13H,7-8,11H2,1-6H3/q+2. The number of hydrogen-bond acceptors (Lipinski definition) is 2. The lowest BCUT2D eigenvalue weighted by Crippen LogP contribution is -2.49. The minimum absolute atomic E-state index is 0.231. The summed E-state index contributed by atoms with van der Waals surface area (Å²) < 4.78 is 8.10. The van der Waals surface area contributed by atoms with Crippen LogP contribution in [0, 0.1) is 10.8 Å². The monoisotopic (exact) mass is 292 g/mol. The van der Waals surface area contributed by atoms with E-state index in [0.717, 1.165) is 19.8 Å². The minimum Gasteiger partial charge on any atom is -0.205 e. The number of rotatable bonds is 4. The fraction of sp³-hybridized carbons (Fsp3) is 0.733. The Hall–Kier alpha value is -1.72. The molecular weight excluding hydrogens is 264 g/mol. The summed E-state index contributed by atoms with van der Waals surface area (Å²) in [7, 11) is 0. The molecule has 0 radical (unpaired) electrons. The van der Waals surface area contributed by atoms with Crippen molar-refractivity contribution < 1.29 is 9.13 Å².